The predicted octanol–water partition coefficient (Wildman–Crippen LogP) is 2.33. The van der Waals surface area contributed by atoms with Crippen LogP contribution in [0.15, 0.2) is 17.3 Å². The Bertz CT molecular complexity index is 195. The summed E-state index contributed by atoms with van der Waals surface area (Å²) in [6.07, 6.45) is 4.03. The van der Waals surface area contributed by atoms with Crippen LogP contribution in [0.4, 0.5) is 0 Å². The summed E-state index contributed by atoms with van der Waals surface area (Å²) in [5, 5.41) is 1.73. The second-order valence-electron chi connectivity index (χ2n) is 2.75. The maximum absolute atomic E-state index is 4.35. The van der Waals surface area contributed by atoms with Crippen LogP contribution < -0.4 is 0 Å². The summed E-state index contributed by atoms with van der Waals surface area (Å²) >= 11 is 1.83. The molecule has 1 aliphatic rings. The van der Waals surface area contributed by atoms with Crippen LogP contribution in [0, 0.1) is 0 Å². The van der Waals surface area contributed by atoms with Crippen molar-refractivity contribution in [1.82, 2.24) is 4.90 Å². The number of rotatable bonds is 2. The molecule has 1 heterocycles. The quantitative estimate of drug-likeness (QED) is 0.654. The van der Waals surface area contributed by atoms with E-state index in [0.717, 1.165) is 18.3 Å². The molecular formula is C9H16N2S. The molecule has 0 N–H and O–H groups in total. The minimum absolute atomic E-state index is 0.568. The van der Waals surface area contributed by atoms with Crippen LogP contribution in [-0.4, -0.2) is 28.4 Å². The Morgan fingerprint density at radius 1 is 1.50 bits per heavy atom. The summed E-state index contributed by atoms with van der Waals surface area (Å²) in [7, 11) is 0. The first kappa shape index (κ1) is 9.65. The van der Waals surface area contributed by atoms with Gasteiger partial charge in [-0.1, -0.05) is 17.8 Å². The minimum atomic E-state index is 0.568. The molecule has 0 saturated carbocycles. The lowest BCUT2D eigenvalue weighted by atomic mass is 10.4. The van der Waals surface area contributed by atoms with Gasteiger partial charge in [0, 0.05) is 24.5 Å². The second kappa shape index (κ2) is 4.55. The molecule has 0 radical (unpaired) electrons. The summed E-state index contributed by atoms with van der Waals surface area (Å²) in [5.74, 6) is 0. The van der Waals surface area contributed by atoms with Crippen molar-refractivity contribution in [1.29, 1.82) is 0 Å². The van der Waals surface area contributed by atoms with Crippen LogP contribution in [0.25, 0.3) is 0 Å². The van der Waals surface area contributed by atoms with E-state index in [-0.39, 0.29) is 0 Å². The largest absolute Gasteiger partial charge is 0.352 e. The van der Waals surface area contributed by atoms with Crippen LogP contribution in [0.2, 0.25) is 0 Å². The van der Waals surface area contributed by atoms with Gasteiger partial charge in [0.25, 0.3) is 0 Å². The third-order valence-electron chi connectivity index (χ3n) is 1.87. The topological polar surface area (TPSA) is 15.6 Å². The van der Waals surface area contributed by atoms with E-state index in [1.807, 2.05) is 18.0 Å². The lowest BCUT2D eigenvalue weighted by Crippen LogP contribution is -2.30. The third kappa shape index (κ3) is 2.27. The van der Waals surface area contributed by atoms with Crippen LogP contribution in [0.1, 0.15) is 20.8 Å². The van der Waals surface area contributed by atoms with Crippen molar-refractivity contribution >= 4 is 16.9 Å². The van der Waals surface area contributed by atoms with E-state index < -0.39 is 0 Å². The molecule has 0 fully saturated rings. The minimum Gasteiger partial charge on any atom is -0.352 e. The molecule has 1 unspecified atom stereocenters. The molecule has 0 amide bonds. The van der Waals surface area contributed by atoms with Crippen LogP contribution in [0.5, 0.6) is 0 Å². The fourth-order valence-corrected chi connectivity index (χ4v) is 2.12. The van der Waals surface area contributed by atoms with Crippen molar-refractivity contribution in [3.05, 3.63) is 12.3 Å². The molecule has 0 aromatic heterocycles. The summed E-state index contributed by atoms with van der Waals surface area (Å²) < 4.78 is 0. The lowest BCUT2D eigenvalue weighted by molar-refractivity contribution is 0.474. The molecule has 68 valence electrons. The zero-order valence-corrected chi connectivity index (χ0v) is 8.77. The maximum Gasteiger partial charge on any atom is 0.164 e. The summed E-state index contributed by atoms with van der Waals surface area (Å²) in [6, 6.07) is 0. The zero-order valence-electron chi connectivity index (χ0n) is 7.95. The van der Waals surface area contributed by atoms with Crippen molar-refractivity contribution in [2.24, 2.45) is 4.99 Å². The Hall–Kier alpha value is -0.440. The number of thioether (sulfide) groups is 1. The van der Waals surface area contributed by atoms with Gasteiger partial charge >= 0.3 is 0 Å². The van der Waals surface area contributed by atoms with Gasteiger partial charge in [0.15, 0.2) is 5.17 Å². The normalized spacial score (nSPS) is 22.2. The monoisotopic (exact) mass is 184 g/mol. The molecule has 3 heteroatoms. The Morgan fingerprint density at radius 3 is 2.67 bits per heavy atom. The molecule has 0 spiro atoms. The van der Waals surface area contributed by atoms with E-state index in [2.05, 4.69) is 36.7 Å². The van der Waals surface area contributed by atoms with E-state index in [1.54, 1.807) is 0 Å². The van der Waals surface area contributed by atoms with Crippen molar-refractivity contribution in [2.45, 2.75) is 26.0 Å². The number of aliphatic imine (C=N–C) groups is 1. The van der Waals surface area contributed by atoms with Gasteiger partial charge in [0.1, 0.15) is 0 Å². The number of amidine groups is 1. The Morgan fingerprint density at radius 2 is 2.17 bits per heavy atom. The predicted molar refractivity (Wildman–Crippen MR) is 56.5 cm³/mol. The summed E-state index contributed by atoms with van der Waals surface area (Å²) in [6.45, 7) is 8.61. The zero-order chi connectivity index (χ0) is 8.97. The lowest BCUT2D eigenvalue weighted by Gasteiger charge is -2.24. The van der Waals surface area contributed by atoms with Gasteiger partial charge in [-0.05, 0) is 20.8 Å². The van der Waals surface area contributed by atoms with E-state index in [9.17, 15) is 0 Å². The van der Waals surface area contributed by atoms with Crippen LogP contribution >= 0.6 is 11.8 Å². The fraction of sp³-hybridized carbons (Fsp3) is 0.667. The highest BCUT2D eigenvalue weighted by Crippen LogP contribution is 2.20. The third-order valence-corrected chi connectivity index (χ3v) is 2.97. The van der Waals surface area contributed by atoms with Gasteiger partial charge in [0.2, 0.25) is 0 Å². The van der Waals surface area contributed by atoms with E-state index >= 15 is 0 Å². The molecule has 2 nitrogen and oxygen atoms in total. The van der Waals surface area contributed by atoms with Crippen molar-refractivity contribution in [3.8, 4) is 0 Å². The molecule has 1 aliphatic heterocycles. The second-order valence-corrected chi connectivity index (χ2v) is 4.09. The first-order valence-electron chi connectivity index (χ1n) is 4.44. The molecule has 12 heavy (non-hydrogen) atoms. The van der Waals surface area contributed by atoms with E-state index in [0.29, 0.717) is 5.25 Å². The maximum atomic E-state index is 4.35. The van der Waals surface area contributed by atoms with Gasteiger partial charge in [-0.15, -0.1) is 0 Å². The van der Waals surface area contributed by atoms with Crippen molar-refractivity contribution in [3.63, 3.8) is 0 Å². The molecule has 0 bridgehead atoms. The molecule has 1 rings (SSSR count). The molecule has 0 aliphatic carbocycles. The molecule has 0 aromatic carbocycles. The van der Waals surface area contributed by atoms with Crippen molar-refractivity contribution < 1.29 is 0 Å². The fourth-order valence-electron chi connectivity index (χ4n) is 1.11. The highest BCUT2D eigenvalue weighted by Gasteiger charge is 2.13. The molecule has 1 atom stereocenters. The average Bonchev–Trinajstić information content (AvgIpc) is 2.07. The van der Waals surface area contributed by atoms with Gasteiger partial charge < -0.3 is 4.90 Å². The standard InChI is InChI=1S/C9H16N2S/c1-4-11(5-2)9-10-7-6-8(3)12-9/h6-8H,4-5H2,1-3H3. The molecule has 0 saturated heterocycles. The summed E-state index contributed by atoms with van der Waals surface area (Å²) in [5.41, 5.74) is 0. The number of hydrogen-bond acceptors (Lipinski definition) is 3. The highest BCUT2D eigenvalue weighted by molar-refractivity contribution is 8.14. The molecular weight excluding hydrogens is 168 g/mol. The Balaban J connectivity index is 2.61. The Kier molecular flexibility index (Phi) is 3.66. The SMILES string of the molecule is CCN(CC)C1=NC=CC(C)S1. The first-order valence-corrected chi connectivity index (χ1v) is 5.32. The summed E-state index contributed by atoms with van der Waals surface area (Å²) in [4.78, 5) is 6.63. The highest BCUT2D eigenvalue weighted by atomic mass is 32.2. The van der Waals surface area contributed by atoms with E-state index in [1.165, 1.54) is 0 Å². The number of nitrogens with zero attached hydrogens (tertiary/aromatic N) is 2. The van der Waals surface area contributed by atoms with E-state index in [4.69, 9.17) is 0 Å². The van der Waals surface area contributed by atoms with Gasteiger partial charge in [-0.3, -0.25) is 0 Å². The van der Waals surface area contributed by atoms with Gasteiger partial charge in [-0.2, -0.15) is 0 Å². The van der Waals surface area contributed by atoms with Gasteiger partial charge in [-0.25, -0.2) is 4.99 Å². The smallest absolute Gasteiger partial charge is 0.164 e. The van der Waals surface area contributed by atoms with Crippen LogP contribution in [-0.2, 0) is 0 Å². The van der Waals surface area contributed by atoms with Crippen molar-refractivity contribution in [2.75, 3.05) is 13.1 Å². The van der Waals surface area contributed by atoms with Gasteiger partial charge in [0.05, 0.1) is 0 Å². The molecule has 0 aromatic rings. The van der Waals surface area contributed by atoms with Crippen LogP contribution in [0.3, 0.4) is 0 Å². The first-order chi connectivity index (χ1) is 5.77. The average molecular weight is 184 g/mol. The Labute approximate surface area is 78.7 Å². The number of hydrogen-bond donors (Lipinski definition) is 0.